The Morgan fingerprint density at radius 3 is 2.62 bits per heavy atom. The van der Waals surface area contributed by atoms with Gasteiger partial charge in [0.15, 0.2) is 5.96 Å². The molecule has 24 heavy (non-hydrogen) atoms. The summed E-state index contributed by atoms with van der Waals surface area (Å²) in [6.45, 7) is 15.1. The zero-order valence-corrected chi connectivity index (χ0v) is 17.0. The average molecular weight is 341 g/mol. The fraction of sp³-hybridized carbons (Fsp3) is 0.947. The lowest BCUT2D eigenvalue weighted by molar-refractivity contribution is -0.0835. The quantitative estimate of drug-likeness (QED) is 0.553. The molecule has 0 aromatic rings. The van der Waals surface area contributed by atoms with Crippen LogP contribution in [0.5, 0.6) is 0 Å². The molecule has 0 saturated carbocycles. The maximum absolute atomic E-state index is 6.07. The smallest absolute Gasteiger partial charge is 0.191 e. The highest BCUT2D eigenvalue weighted by Gasteiger charge is 2.35. The molecule has 0 aromatic carbocycles. The van der Waals surface area contributed by atoms with E-state index in [1.165, 1.54) is 12.8 Å². The Balaban J connectivity index is 2.40. The van der Waals surface area contributed by atoms with Gasteiger partial charge >= 0.3 is 0 Å². The van der Waals surface area contributed by atoms with E-state index in [-0.39, 0.29) is 5.41 Å². The molecule has 1 aliphatic heterocycles. The molecule has 0 spiro atoms. The summed E-state index contributed by atoms with van der Waals surface area (Å²) in [4.78, 5) is 6.74. The van der Waals surface area contributed by atoms with Crippen molar-refractivity contribution in [2.24, 2.45) is 16.3 Å². The molecule has 3 atom stereocenters. The Kier molecular flexibility index (Phi) is 9.06. The molecule has 1 fully saturated rings. The maximum atomic E-state index is 6.07. The van der Waals surface area contributed by atoms with Gasteiger partial charge in [-0.1, -0.05) is 27.7 Å². The summed E-state index contributed by atoms with van der Waals surface area (Å²) in [7, 11) is 4.02. The van der Waals surface area contributed by atoms with Gasteiger partial charge in [-0.15, -0.1) is 0 Å². The highest BCUT2D eigenvalue weighted by Crippen LogP contribution is 2.33. The average Bonchev–Trinajstić information content (AvgIpc) is 2.56. The van der Waals surface area contributed by atoms with Crippen molar-refractivity contribution in [1.29, 1.82) is 0 Å². The lowest BCUT2D eigenvalue weighted by atomic mass is 9.78. The van der Waals surface area contributed by atoms with Gasteiger partial charge in [0.1, 0.15) is 0 Å². The largest absolute Gasteiger partial charge is 0.377 e. The van der Waals surface area contributed by atoms with Crippen LogP contribution in [0.1, 0.15) is 53.9 Å². The van der Waals surface area contributed by atoms with Crippen molar-refractivity contribution in [1.82, 2.24) is 15.5 Å². The van der Waals surface area contributed by atoms with Crippen LogP contribution < -0.4 is 10.6 Å². The van der Waals surface area contributed by atoms with Crippen molar-refractivity contribution in [3.63, 3.8) is 0 Å². The van der Waals surface area contributed by atoms with Crippen molar-refractivity contribution >= 4 is 5.96 Å². The Bertz CT molecular complexity index is 378. The molecular weight excluding hydrogens is 300 g/mol. The molecule has 0 radical (unpaired) electrons. The van der Waals surface area contributed by atoms with Crippen LogP contribution in [-0.2, 0) is 4.74 Å². The van der Waals surface area contributed by atoms with Gasteiger partial charge in [0, 0.05) is 45.2 Å². The zero-order valence-electron chi connectivity index (χ0n) is 17.0. The molecule has 0 bridgehead atoms. The molecule has 142 valence electrons. The second-order valence-electron chi connectivity index (χ2n) is 8.18. The number of likely N-dealkylation sites (N-methyl/N-ethyl adjacent to an activating group) is 1. The van der Waals surface area contributed by atoms with Crippen molar-refractivity contribution < 1.29 is 4.74 Å². The third kappa shape index (κ3) is 6.98. The third-order valence-corrected chi connectivity index (χ3v) is 5.15. The van der Waals surface area contributed by atoms with Crippen LogP contribution in [0, 0.1) is 11.3 Å². The molecule has 0 aliphatic carbocycles. The fourth-order valence-electron chi connectivity index (χ4n) is 3.34. The third-order valence-electron chi connectivity index (χ3n) is 5.15. The van der Waals surface area contributed by atoms with E-state index >= 15 is 0 Å². The van der Waals surface area contributed by atoms with E-state index < -0.39 is 0 Å². The summed E-state index contributed by atoms with van der Waals surface area (Å²) in [6, 6.07) is 0.619. The van der Waals surface area contributed by atoms with E-state index in [4.69, 9.17) is 4.74 Å². The number of guanidine groups is 1. The van der Waals surface area contributed by atoms with Crippen molar-refractivity contribution in [3.05, 3.63) is 0 Å². The highest BCUT2D eigenvalue weighted by molar-refractivity contribution is 5.79. The van der Waals surface area contributed by atoms with Crippen molar-refractivity contribution in [2.75, 3.05) is 40.3 Å². The number of hydrogen-bond donors (Lipinski definition) is 2. The van der Waals surface area contributed by atoms with Gasteiger partial charge in [-0.2, -0.15) is 0 Å². The summed E-state index contributed by atoms with van der Waals surface area (Å²) in [6.07, 6.45) is 3.88. The van der Waals surface area contributed by atoms with Gasteiger partial charge in [0.2, 0.25) is 0 Å². The van der Waals surface area contributed by atoms with E-state index in [9.17, 15) is 0 Å². The Morgan fingerprint density at radius 2 is 2.04 bits per heavy atom. The predicted octanol–water partition coefficient (Wildman–Crippen LogP) is 2.72. The van der Waals surface area contributed by atoms with Crippen molar-refractivity contribution in [2.45, 2.75) is 66.0 Å². The molecule has 5 heteroatoms. The minimum atomic E-state index is 0.183. The van der Waals surface area contributed by atoms with Gasteiger partial charge in [-0.25, -0.2) is 0 Å². The molecule has 0 amide bonds. The minimum Gasteiger partial charge on any atom is -0.377 e. The van der Waals surface area contributed by atoms with E-state index in [1.54, 1.807) is 0 Å². The predicted molar refractivity (Wildman–Crippen MR) is 104 cm³/mol. The number of nitrogens with one attached hydrogen (secondary N) is 2. The molecule has 1 aliphatic rings. The van der Waals surface area contributed by atoms with Gasteiger partial charge in [0.05, 0.1) is 6.10 Å². The van der Waals surface area contributed by atoms with Crippen LogP contribution in [0.15, 0.2) is 4.99 Å². The highest BCUT2D eigenvalue weighted by atomic mass is 16.5. The van der Waals surface area contributed by atoms with E-state index in [1.807, 2.05) is 7.05 Å². The molecule has 5 nitrogen and oxygen atoms in total. The Hall–Kier alpha value is -0.810. The van der Waals surface area contributed by atoms with Crippen LogP contribution in [-0.4, -0.2) is 63.3 Å². The summed E-state index contributed by atoms with van der Waals surface area (Å²) < 4.78 is 6.07. The second kappa shape index (κ2) is 10.2. The first-order valence-electron chi connectivity index (χ1n) is 9.56. The summed E-state index contributed by atoms with van der Waals surface area (Å²) in [5, 5.41) is 6.93. The standard InChI is InChI=1S/C19H40N4O/c1-8-15(2)23(7)12-11-21-18(20-6)22-14-16-10-9-13-24-17(16)19(3,4)5/h15-17H,8-14H2,1-7H3,(H2,20,21,22). The minimum absolute atomic E-state index is 0.183. The first-order valence-corrected chi connectivity index (χ1v) is 9.56. The lowest BCUT2D eigenvalue weighted by Gasteiger charge is -2.40. The molecule has 1 rings (SSSR count). The van der Waals surface area contributed by atoms with E-state index in [2.05, 4.69) is 62.2 Å². The monoisotopic (exact) mass is 340 g/mol. The lowest BCUT2D eigenvalue weighted by Crippen LogP contribution is -2.48. The van der Waals surface area contributed by atoms with Crippen LogP contribution in [0.2, 0.25) is 0 Å². The molecule has 1 heterocycles. The number of rotatable bonds is 7. The fourth-order valence-corrected chi connectivity index (χ4v) is 3.34. The van der Waals surface area contributed by atoms with Crippen LogP contribution in [0.3, 0.4) is 0 Å². The Morgan fingerprint density at radius 1 is 1.33 bits per heavy atom. The normalized spacial score (nSPS) is 24.1. The van der Waals surface area contributed by atoms with Gasteiger partial charge in [0.25, 0.3) is 0 Å². The SMILES string of the molecule is CCC(C)N(C)CCNC(=NC)NCC1CCCOC1C(C)(C)C. The zero-order chi connectivity index (χ0) is 18.2. The van der Waals surface area contributed by atoms with Crippen molar-refractivity contribution in [3.8, 4) is 0 Å². The van der Waals surface area contributed by atoms with Gasteiger partial charge < -0.3 is 20.3 Å². The number of hydrogen-bond acceptors (Lipinski definition) is 3. The topological polar surface area (TPSA) is 48.9 Å². The molecule has 1 saturated heterocycles. The van der Waals surface area contributed by atoms with Crippen LogP contribution in [0.25, 0.3) is 0 Å². The molecule has 0 aromatic heterocycles. The summed E-state index contributed by atoms with van der Waals surface area (Å²) in [5.41, 5.74) is 0.183. The maximum Gasteiger partial charge on any atom is 0.191 e. The van der Waals surface area contributed by atoms with Gasteiger partial charge in [-0.05, 0) is 38.6 Å². The number of ether oxygens (including phenoxy) is 1. The Labute approximate surface area is 149 Å². The first-order chi connectivity index (χ1) is 11.3. The molecular formula is C19H40N4O. The number of aliphatic imine (C=N–C) groups is 1. The van der Waals surface area contributed by atoms with Crippen LogP contribution >= 0.6 is 0 Å². The summed E-state index contributed by atoms with van der Waals surface area (Å²) >= 11 is 0. The second-order valence-corrected chi connectivity index (χ2v) is 8.18. The molecule has 2 N–H and O–H groups in total. The first kappa shape index (κ1) is 21.2. The van der Waals surface area contributed by atoms with E-state index in [0.717, 1.165) is 38.6 Å². The summed E-state index contributed by atoms with van der Waals surface area (Å²) in [5.74, 6) is 1.44. The van der Waals surface area contributed by atoms with Gasteiger partial charge in [-0.3, -0.25) is 4.99 Å². The van der Waals surface area contributed by atoms with Crippen LogP contribution in [0.4, 0.5) is 0 Å². The molecule has 3 unspecified atom stereocenters. The van der Waals surface area contributed by atoms with E-state index in [0.29, 0.717) is 18.1 Å². The number of nitrogens with zero attached hydrogens (tertiary/aromatic N) is 2.